The zero-order valence-electron chi connectivity index (χ0n) is 20.0. The van der Waals surface area contributed by atoms with Crippen LogP contribution in [-0.2, 0) is 10.4 Å². The van der Waals surface area contributed by atoms with Crippen molar-refractivity contribution in [1.29, 1.82) is 0 Å². The molecule has 3 rings (SSSR count). The molecule has 3 amide bonds. The number of aliphatic hydroxyl groups is 1. The van der Waals surface area contributed by atoms with Gasteiger partial charge in [0.2, 0.25) is 11.8 Å². The van der Waals surface area contributed by atoms with Crippen LogP contribution in [0, 0.1) is 11.3 Å². The summed E-state index contributed by atoms with van der Waals surface area (Å²) in [4.78, 5) is 39.5. The molecule has 7 nitrogen and oxygen atoms in total. The normalized spacial score (nSPS) is 20.6. The first-order chi connectivity index (χ1) is 15.9. The van der Waals surface area contributed by atoms with Crippen LogP contribution < -0.4 is 11.1 Å². The van der Waals surface area contributed by atoms with Crippen molar-refractivity contribution in [2.45, 2.75) is 45.8 Å². The number of hydrogen-bond donors (Lipinski definition) is 3. The van der Waals surface area contributed by atoms with E-state index in [2.05, 4.69) is 5.32 Å². The van der Waals surface area contributed by atoms with Gasteiger partial charge in [0, 0.05) is 34.7 Å². The van der Waals surface area contributed by atoms with Gasteiger partial charge in [0.1, 0.15) is 6.04 Å². The highest BCUT2D eigenvalue weighted by Gasteiger charge is 2.50. The predicted octanol–water partition coefficient (Wildman–Crippen LogP) is 3.34. The molecule has 0 bridgehead atoms. The van der Waals surface area contributed by atoms with Crippen LogP contribution in [0.4, 0.5) is 0 Å². The van der Waals surface area contributed by atoms with E-state index in [1.165, 1.54) is 12.1 Å². The maximum absolute atomic E-state index is 13.5. The number of carbonyl (C=O) groups is 3. The first-order valence-corrected chi connectivity index (χ1v) is 11.7. The first-order valence-electron chi connectivity index (χ1n) is 11.3. The van der Waals surface area contributed by atoms with Gasteiger partial charge in [-0.25, -0.2) is 0 Å². The largest absolute Gasteiger partial charge is 0.384 e. The van der Waals surface area contributed by atoms with Gasteiger partial charge in [-0.2, -0.15) is 0 Å². The lowest BCUT2D eigenvalue weighted by molar-refractivity contribution is -0.155. The molecule has 2 aromatic carbocycles. The van der Waals surface area contributed by atoms with Crippen LogP contribution in [0.1, 0.15) is 60.4 Å². The summed E-state index contributed by atoms with van der Waals surface area (Å²) >= 11 is 6.01. The minimum atomic E-state index is -1.12. The van der Waals surface area contributed by atoms with E-state index in [9.17, 15) is 19.5 Å². The second-order valence-electron chi connectivity index (χ2n) is 9.90. The maximum Gasteiger partial charge on any atom is 0.251 e. The zero-order valence-corrected chi connectivity index (χ0v) is 20.7. The van der Waals surface area contributed by atoms with Crippen LogP contribution in [0.25, 0.3) is 0 Å². The summed E-state index contributed by atoms with van der Waals surface area (Å²) in [5.41, 5.74) is 4.79. The molecule has 1 fully saturated rings. The lowest BCUT2D eigenvalue weighted by Crippen LogP contribution is -2.60. The van der Waals surface area contributed by atoms with Gasteiger partial charge >= 0.3 is 0 Å². The van der Waals surface area contributed by atoms with Crippen molar-refractivity contribution in [3.8, 4) is 0 Å². The van der Waals surface area contributed by atoms with Crippen molar-refractivity contribution < 1.29 is 19.5 Å². The highest BCUT2D eigenvalue weighted by molar-refractivity contribution is 6.30. The third kappa shape index (κ3) is 5.10. The molecule has 4 N–H and O–H groups in total. The van der Waals surface area contributed by atoms with Gasteiger partial charge in [-0.05, 0) is 48.2 Å². The summed E-state index contributed by atoms with van der Waals surface area (Å²) < 4.78 is 0. The summed E-state index contributed by atoms with van der Waals surface area (Å²) in [5.74, 6) is -1.46. The van der Waals surface area contributed by atoms with Gasteiger partial charge in [-0.3, -0.25) is 14.4 Å². The molecule has 8 heteroatoms. The number of amides is 3. The van der Waals surface area contributed by atoms with E-state index in [0.29, 0.717) is 24.5 Å². The number of nitrogens with one attached hydrogen (secondary N) is 1. The van der Waals surface area contributed by atoms with Crippen LogP contribution in [0.5, 0.6) is 0 Å². The average Bonchev–Trinajstić information content (AvgIpc) is 2.78. The molecular formula is C26H32ClN3O4. The molecule has 34 heavy (non-hydrogen) atoms. The minimum Gasteiger partial charge on any atom is -0.384 e. The molecule has 0 spiro atoms. The maximum atomic E-state index is 13.5. The van der Waals surface area contributed by atoms with Gasteiger partial charge in [-0.1, -0.05) is 57.5 Å². The van der Waals surface area contributed by atoms with E-state index < -0.39 is 28.9 Å². The van der Waals surface area contributed by atoms with Crippen LogP contribution in [0.3, 0.4) is 0 Å². The van der Waals surface area contributed by atoms with E-state index >= 15 is 0 Å². The molecule has 2 aromatic rings. The summed E-state index contributed by atoms with van der Waals surface area (Å²) in [7, 11) is 0. The Kier molecular flexibility index (Phi) is 7.38. The second kappa shape index (κ2) is 9.76. The van der Waals surface area contributed by atoms with Crippen LogP contribution in [0.2, 0.25) is 5.02 Å². The van der Waals surface area contributed by atoms with Crippen LogP contribution >= 0.6 is 11.6 Å². The average molecular weight is 486 g/mol. The van der Waals surface area contributed by atoms with Crippen molar-refractivity contribution in [3.63, 3.8) is 0 Å². The molecule has 0 aliphatic carbocycles. The van der Waals surface area contributed by atoms with Crippen molar-refractivity contribution in [3.05, 3.63) is 70.2 Å². The number of primary amides is 1. The Balaban J connectivity index is 1.78. The Labute approximate surface area is 205 Å². The van der Waals surface area contributed by atoms with E-state index in [-0.39, 0.29) is 23.0 Å². The van der Waals surface area contributed by atoms with Gasteiger partial charge in [0.05, 0.1) is 5.60 Å². The molecule has 182 valence electrons. The molecule has 2 atom stereocenters. The Morgan fingerprint density at radius 1 is 1.09 bits per heavy atom. The minimum absolute atomic E-state index is 0.170. The van der Waals surface area contributed by atoms with E-state index in [0.717, 1.165) is 5.56 Å². The predicted molar refractivity (Wildman–Crippen MR) is 131 cm³/mol. The number of carbonyl (C=O) groups excluding carboxylic acids is 3. The summed E-state index contributed by atoms with van der Waals surface area (Å²) in [5, 5.41) is 15.0. The fourth-order valence-electron chi connectivity index (χ4n) is 4.52. The highest BCUT2D eigenvalue weighted by Crippen LogP contribution is 2.46. The number of nitrogens with two attached hydrogens (primary N) is 1. The third-order valence-electron chi connectivity index (χ3n) is 6.71. The molecular weight excluding hydrogens is 454 g/mol. The van der Waals surface area contributed by atoms with Gasteiger partial charge in [0.15, 0.2) is 0 Å². The smallest absolute Gasteiger partial charge is 0.251 e. The molecule has 2 unspecified atom stereocenters. The Morgan fingerprint density at radius 2 is 1.71 bits per heavy atom. The second-order valence-corrected chi connectivity index (χ2v) is 10.3. The fraction of sp³-hybridized carbons (Fsp3) is 0.423. The summed E-state index contributed by atoms with van der Waals surface area (Å²) in [6.07, 6.45) is 0.354. The number of rotatable bonds is 6. The standard InChI is InChI=1S/C26H32ClN3O4/c1-16(2)21(29-23(32)18-7-5-6-17(14-18)22(28)31)24(33)30-13-12-26(34,25(3,4)15-30)19-8-10-20(27)11-9-19/h5-11,14,16,21,34H,12-13,15H2,1-4H3,(H2,28,31)(H,29,32). The van der Waals surface area contributed by atoms with E-state index in [1.54, 1.807) is 29.2 Å². The topological polar surface area (TPSA) is 113 Å². The molecule has 0 radical (unpaired) electrons. The lowest BCUT2D eigenvalue weighted by Gasteiger charge is -2.51. The Bertz CT molecular complexity index is 1080. The van der Waals surface area contributed by atoms with Crippen molar-refractivity contribution in [2.24, 2.45) is 17.1 Å². The zero-order chi connectivity index (χ0) is 25.3. The van der Waals surface area contributed by atoms with Crippen molar-refractivity contribution >= 4 is 29.3 Å². The molecule has 1 aliphatic rings. The van der Waals surface area contributed by atoms with Gasteiger partial charge < -0.3 is 21.1 Å². The fourth-order valence-corrected chi connectivity index (χ4v) is 4.65. The third-order valence-corrected chi connectivity index (χ3v) is 6.96. The lowest BCUT2D eigenvalue weighted by atomic mass is 9.66. The van der Waals surface area contributed by atoms with Crippen molar-refractivity contribution in [1.82, 2.24) is 10.2 Å². The molecule has 1 saturated heterocycles. The summed E-state index contributed by atoms with van der Waals surface area (Å²) in [6.45, 7) is 8.25. The first kappa shape index (κ1) is 25.7. The monoisotopic (exact) mass is 485 g/mol. The molecule has 1 aliphatic heterocycles. The molecule has 0 saturated carbocycles. The highest BCUT2D eigenvalue weighted by atomic mass is 35.5. The Morgan fingerprint density at radius 3 is 2.26 bits per heavy atom. The van der Waals surface area contributed by atoms with E-state index in [1.807, 2.05) is 39.8 Å². The summed E-state index contributed by atoms with van der Waals surface area (Å²) in [6, 6.07) is 12.5. The Hall–Kier alpha value is -2.90. The number of likely N-dealkylation sites (tertiary alicyclic amines) is 1. The van der Waals surface area contributed by atoms with Gasteiger partial charge in [0.25, 0.3) is 5.91 Å². The number of benzene rings is 2. The molecule has 0 aromatic heterocycles. The number of halogens is 1. The quantitative estimate of drug-likeness (QED) is 0.582. The van der Waals surface area contributed by atoms with Crippen LogP contribution in [0.15, 0.2) is 48.5 Å². The van der Waals surface area contributed by atoms with E-state index in [4.69, 9.17) is 17.3 Å². The van der Waals surface area contributed by atoms with Gasteiger partial charge in [-0.15, -0.1) is 0 Å². The molecule has 1 heterocycles. The van der Waals surface area contributed by atoms with Crippen LogP contribution in [-0.4, -0.2) is 46.9 Å². The van der Waals surface area contributed by atoms with Crippen molar-refractivity contribution in [2.75, 3.05) is 13.1 Å². The number of nitrogens with zero attached hydrogens (tertiary/aromatic N) is 1. The SMILES string of the molecule is CC(C)C(NC(=O)c1cccc(C(N)=O)c1)C(=O)N1CCC(O)(c2ccc(Cl)cc2)C(C)(C)C1. The number of piperidine rings is 1. The number of hydrogen-bond acceptors (Lipinski definition) is 4.